The van der Waals surface area contributed by atoms with Gasteiger partial charge in [0.1, 0.15) is 0 Å². The third kappa shape index (κ3) is 3.49. The van der Waals surface area contributed by atoms with Crippen molar-refractivity contribution in [1.82, 2.24) is 14.9 Å². The Hall–Kier alpha value is -0.480. The second-order valence-electron chi connectivity index (χ2n) is 4.79. The lowest BCUT2D eigenvalue weighted by Gasteiger charge is -2.25. The van der Waals surface area contributed by atoms with Gasteiger partial charge in [0.05, 0.1) is 10.6 Å². The summed E-state index contributed by atoms with van der Waals surface area (Å²) in [4.78, 5) is 1.34. The molecule has 0 aliphatic carbocycles. The Labute approximate surface area is 109 Å². The molecule has 0 spiro atoms. The molecule has 0 fully saturated rings. The van der Waals surface area contributed by atoms with Gasteiger partial charge in [0.15, 0.2) is 0 Å². The lowest BCUT2D eigenvalue weighted by atomic mass is 9.91. The zero-order chi connectivity index (χ0) is 12.8. The minimum atomic E-state index is 0.424. The molecule has 0 saturated carbocycles. The SMILES string of the molecule is CCNC(c1snnc1C(C)C)C(CC)CC. The van der Waals surface area contributed by atoms with Crippen LogP contribution < -0.4 is 5.32 Å². The highest BCUT2D eigenvalue weighted by atomic mass is 32.1. The summed E-state index contributed by atoms with van der Waals surface area (Å²) in [6.45, 7) is 12.1. The molecule has 4 heteroatoms. The molecule has 17 heavy (non-hydrogen) atoms. The zero-order valence-corrected chi connectivity index (χ0v) is 12.5. The Morgan fingerprint density at radius 2 is 1.82 bits per heavy atom. The first kappa shape index (κ1) is 14.6. The van der Waals surface area contributed by atoms with Crippen molar-refractivity contribution < 1.29 is 0 Å². The molecule has 1 atom stereocenters. The summed E-state index contributed by atoms with van der Waals surface area (Å²) in [5.41, 5.74) is 1.17. The molecule has 0 aliphatic rings. The van der Waals surface area contributed by atoms with Crippen LogP contribution in [0.15, 0.2) is 0 Å². The fourth-order valence-electron chi connectivity index (χ4n) is 2.27. The van der Waals surface area contributed by atoms with Gasteiger partial charge >= 0.3 is 0 Å². The van der Waals surface area contributed by atoms with Gasteiger partial charge in [-0.05, 0) is 29.9 Å². The Kier molecular flexibility index (Phi) is 6.06. The Balaban J connectivity index is 2.99. The third-order valence-corrected chi connectivity index (χ3v) is 4.14. The second kappa shape index (κ2) is 7.07. The molecule has 1 aromatic heterocycles. The molecule has 98 valence electrons. The van der Waals surface area contributed by atoms with Crippen molar-refractivity contribution in [2.24, 2.45) is 5.92 Å². The smallest absolute Gasteiger partial charge is 0.0829 e. The number of nitrogens with zero attached hydrogens (tertiary/aromatic N) is 2. The highest BCUT2D eigenvalue weighted by Crippen LogP contribution is 2.33. The van der Waals surface area contributed by atoms with Gasteiger partial charge in [0.25, 0.3) is 0 Å². The molecule has 0 saturated heterocycles. The minimum Gasteiger partial charge on any atom is -0.309 e. The first-order valence-electron chi connectivity index (χ1n) is 6.71. The van der Waals surface area contributed by atoms with E-state index in [9.17, 15) is 0 Å². The van der Waals surface area contributed by atoms with Crippen LogP contribution in [0.5, 0.6) is 0 Å². The minimum absolute atomic E-state index is 0.424. The predicted octanol–water partition coefficient (Wildman–Crippen LogP) is 3.75. The van der Waals surface area contributed by atoms with Crippen LogP contribution in [0.1, 0.15) is 70.0 Å². The van der Waals surface area contributed by atoms with Gasteiger partial charge in [-0.15, -0.1) is 5.10 Å². The van der Waals surface area contributed by atoms with Gasteiger partial charge in [-0.2, -0.15) is 0 Å². The fourth-order valence-corrected chi connectivity index (χ4v) is 3.25. The molecule has 0 bridgehead atoms. The van der Waals surface area contributed by atoms with E-state index >= 15 is 0 Å². The standard InChI is InChI=1S/C13H25N3S/c1-6-10(7-2)12(14-8-3)13-11(9(4)5)15-16-17-13/h9-10,12,14H,6-8H2,1-5H3. The van der Waals surface area contributed by atoms with Crippen LogP contribution in [-0.2, 0) is 0 Å². The van der Waals surface area contributed by atoms with E-state index in [4.69, 9.17) is 0 Å². The van der Waals surface area contributed by atoms with E-state index in [1.54, 1.807) is 11.5 Å². The first-order chi connectivity index (χ1) is 8.15. The highest BCUT2D eigenvalue weighted by Gasteiger charge is 2.25. The summed E-state index contributed by atoms with van der Waals surface area (Å²) in [5.74, 6) is 1.13. The highest BCUT2D eigenvalue weighted by molar-refractivity contribution is 7.05. The van der Waals surface area contributed by atoms with Crippen LogP contribution in [0.3, 0.4) is 0 Å². The van der Waals surface area contributed by atoms with Crippen molar-refractivity contribution in [3.63, 3.8) is 0 Å². The molecule has 1 heterocycles. The fraction of sp³-hybridized carbons (Fsp3) is 0.846. The molecule has 0 radical (unpaired) electrons. The maximum atomic E-state index is 4.30. The van der Waals surface area contributed by atoms with Crippen molar-refractivity contribution in [2.45, 2.75) is 59.4 Å². The second-order valence-corrected chi connectivity index (χ2v) is 5.57. The van der Waals surface area contributed by atoms with E-state index in [1.807, 2.05) is 0 Å². The van der Waals surface area contributed by atoms with Gasteiger partial charge in [0.2, 0.25) is 0 Å². The average molecular weight is 255 g/mol. The lowest BCUT2D eigenvalue weighted by Crippen LogP contribution is -2.28. The molecule has 0 aliphatic heterocycles. The summed E-state index contributed by atoms with van der Waals surface area (Å²) in [6, 6.07) is 0.424. The van der Waals surface area contributed by atoms with Gasteiger partial charge in [0, 0.05) is 6.04 Å². The van der Waals surface area contributed by atoms with Gasteiger partial charge in [-0.3, -0.25) is 0 Å². The summed E-state index contributed by atoms with van der Waals surface area (Å²) in [7, 11) is 0. The van der Waals surface area contributed by atoms with E-state index < -0.39 is 0 Å². The molecule has 0 aromatic carbocycles. The monoisotopic (exact) mass is 255 g/mol. The molecule has 1 N–H and O–H groups in total. The largest absolute Gasteiger partial charge is 0.309 e. The normalized spacial score (nSPS) is 13.6. The molecule has 1 aromatic rings. The van der Waals surface area contributed by atoms with Crippen LogP contribution in [0.4, 0.5) is 0 Å². The molecular formula is C13H25N3S. The van der Waals surface area contributed by atoms with Crippen molar-refractivity contribution in [3.8, 4) is 0 Å². The van der Waals surface area contributed by atoms with E-state index in [2.05, 4.69) is 49.5 Å². The number of hydrogen-bond donors (Lipinski definition) is 1. The van der Waals surface area contributed by atoms with Crippen molar-refractivity contribution >= 4 is 11.5 Å². The van der Waals surface area contributed by atoms with Gasteiger partial charge in [-0.25, -0.2) is 0 Å². The molecule has 1 rings (SSSR count). The van der Waals surface area contributed by atoms with Crippen molar-refractivity contribution in [2.75, 3.05) is 6.54 Å². The van der Waals surface area contributed by atoms with Crippen LogP contribution >= 0.6 is 11.5 Å². The maximum Gasteiger partial charge on any atom is 0.0829 e. The zero-order valence-electron chi connectivity index (χ0n) is 11.7. The number of hydrogen-bond acceptors (Lipinski definition) is 4. The van der Waals surface area contributed by atoms with Crippen molar-refractivity contribution in [1.29, 1.82) is 0 Å². The Morgan fingerprint density at radius 3 is 2.29 bits per heavy atom. The Bertz CT molecular complexity index is 318. The topological polar surface area (TPSA) is 37.8 Å². The number of nitrogens with one attached hydrogen (secondary N) is 1. The third-order valence-electron chi connectivity index (χ3n) is 3.31. The quantitative estimate of drug-likeness (QED) is 0.806. The van der Waals surface area contributed by atoms with E-state index in [0.29, 0.717) is 17.9 Å². The lowest BCUT2D eigenvalue weighted by molar-refractivity contribution is 0.348. The number of aromatic nitrogens is 2. The summed E-state index contributed by atoms with van der Waals surface area (Å²) >= 11 is 1.56. The van der Waals surface area contributed by atoms with Crippen LogP contribution in [0.2, 0.25) is 0 Å². The molecule has 0 amide bonds. The van der Waals surface area contributed by atoms with Crippen molar-refractivity contribution in [3.05, 3.63) is 10.6 Å². The van der Waals surface area contributed by atoms with Crippen LogP contribution in [0.25, 0.3) is 0 Å². The van der Waals surface area contributed by atoms with E-state index in [-0.39, 0.29) is 0 Å². The maximum absolute atomic E-state index is 4.30. The Morgan fingerprint density at radius 1 is 1.18 bits per heavy atom. The summed E-state index contributed by atoms with van der Waals surface area (Å²) < 4.78 is 4.15. The first-order valence-corrected chi connectivity index (χ1v) is 7.48. The summed E-state index contributed by atoms with van der Waals surface area (Å²) in [6.07, 6.45) is 2.40. The average Bonchev–Trinajstić information content (AvgIpc) is 2.78. The van der Waals surface area contributed by atoms with Crippen LogP contribution in [-0.4, -0.2) is 16.1 Å². The summed E-state index contributed by atoms with van der Waals surface area (Å²) in [5, 5.41) is 7.91. The van der Waals surface area contributed by atoms with Crippen LogP contribution in [0, 0.1) is 5.92 Å². The van der Waals surface area contributed by atoms with E-state index in [0.717, 1.165) is 6.54 Å². The molecular weight excluding hydrogens is 230 g/mol. The van der Waals surface area contributed by atoms with Gasteiger partial charge < -0.3 is 5.32 Å². The van der Waals surface area contributed by atoms with Gasteiger partial charge in [-0.1, -0.05) is 51.9 Å². The molecule has 1 unspecified atom stereocenters. The van der Waals surface area contributed by atoms with E-state index in [1.165, 1.54) is 23.4 Å². The number of rotatable bonds is 7. The molecule has 3 nitrogen and oxygen atoms in total. The predicted molar refractivity (Wildman–Crippen MR) is 74.5 cm³/mol.